The molecule has 0 saturated carbocycles. The Bertz CT molecular complexity index is 1050. The molecule has 10 heteroatoms. The van der Waals surface area contributed by atoms with Gasteiger partial charge in [0.25, 0.3) is 5.91 Å². The van der Waals surface area contributed by atoms with Crippen LogP contribution in [-0.2, 0) is 10.0 Å². The van der Waals surface area contributed by atoms with Gasteiger partial charge in [0, 0.05) is 31.7 Å². The summed E-state index contributed by atoms with van der Waals surface area (Å²) in [6, 6.07) is 7.83. The minimum Gasteiger partial charge on any atom is -0.490 e. The molecule has 1 amide bonds. The zero-order valence-corrected chi connectivity index (χ0v) is 18.8. The lowest BCUT2D eigenvalue weighted by atomic mass is 10.1. The van der Waals surface area contributed by atoms with Crippen LogP contribution in [0.2, 0.25) is 0 Å². The van der Waals surface area contributed by atoms with E-state index < -0.39 is 26.6 Å². The van der Waals surface area contributed by atoms with Crippen molar-refractivity contribution in [1.82, 2.24) is 9.21 Å². The van der Waals surface area contributed by atoms with Gasteiger partial charge in [0.1, 0.15) is 11.6 Å². The normalized spacial score (nSPS) is 14.9. The van der Waals surface area contributed by atoms with Crippen LogP contribution in [0.5, 0.6) is 11.5 Å². The van der Waals surface area contributed by atoms with Crippen molar-refractivity contribution in [2.75, 3.05) is 39.4 Å². The summed E-state index contributed by atoms with van der Waals surface area (Å²) in [5.74, 6) is -1.56. The van der Waals surface area contributed by atoms with E-state index in [1.54, 1.807) is 18.2 Å². The van der Waals surface area contributed by atoms with E-state index in [4.69, 9.17) is 9.47 Å². The molecule has 1 aliphatic rings. The number of carbonyl (C=O) groups is 1. The summed E-state index contributed by atoms with van der Waals surface area (Å²) in [5.41, 5.74) is 0.383. The van der Waals surface area contributed by atoms with Crippen molar-refractivity contribution in [2.45, 2.75) is 25.2 Å². The lowest BCUT2D eigenvalue weighted by molar-refractivity contribution is 0.0697. The highest BCUT2D eigenvalue weighted by Gasteiger charge is 2.34. The number of sulfonamides is 1. The molecule has 0 spiro atoms. The maximum Gasteiger partial charge on any atom is 0.254 e. The first-order chi connectivity index (χ1) is 15.3. The van der Waals surface area contributed by atoms with Crippen LogP contribution in [0.4, 0.5) is 8.78 Å². The predicted molar refractivity (Wildman–Crippen MR) is 114 cm³/mol. The summed E-state index contributed by atoms with van der Waals surface area (Å²) in [6.45, 7) is 4.78. The highest BCUT2D eigenvalue weighted by Crippen LogP contribution is 2.30. The highest BCUT2D eigenvalue weighted by atomic mass is 32.2. The third kappa shape index (κ3) is 5.02. The van der Waals surface area contributed by atoms with E-state index in [1.165, 1.54) is 4.90 Å². The van der Waals surface area contributed by atoms with Crippen LogP contribution < -0.4 is 9.47 Å². The molecule has 1 fully saturated rings. The third-order valence-electron chi connectivity index (χ3n) is 4.99. The Morgan fingerprint density at radius 2 is 1.62 bits per heavy atom. The van der Waals surface area contributed by atoms with Gasteiger partial charge in [-0.25, -0.2) is 17.2 Å². The summed E-state index contributed by atoms with van der Waals surface area (Å²) in [4.78, 5) is 13.5. The number of hydrogen-bond acceptors (Lipinski definition) is 5. The highest BCUT2D eigenvalue weighted by molar-refractivity contribution is 7.89. The van der Waals surface area contributed by atoms with Gasteiger partial charge in [-0.1, -0.05) is 13.0 Å². The minimum atomic E-state index is -4.36. The van der Waals surface area contributed by atoms with E-state index in [0.717, 1.165) is 28.9 Å². The Kier molecular flexibility index (Phi) is 7.68. The number of benzene rings is 2. The minimum absolute atomic E-state index is 0.0716. The van der Waals surface area contributed by atoms with Crippen molar-refractivity contribution >= 4 is 15.9 Å². The van der Waals surface area contributed by atoms with Crippen LogP contribution >= 0.6 is 0 Å². The molecule has 2 aromatic carbocycles. The molecule has 2 aromatic rings. The third-order valence-corrected chi connectivity index (χ3v) is 6.95. The van der Waals surface area contributed by atoms with Crippen LogP contribution in [0.15, 0.2) is 41.3 Å². The number of rotatable bonds is 8. The molecule has 0 aromatic heterocycles. The monoisotopic (exact) mass is 468 g/mol. The maximum absolute atomic E-state index is 14.0. The summed E-state index contributed by atoms with van der Waals surface area (Å²) in [7, 11) is -4.36. The number of carbonyl (C=O) groups excluding carboxylic acids is 1. The summed E-state index contributed by atoms with van der Waals surface area (Å²) < 4.78 is 65.7. The zero-order chi connectivity index (χ0) is 23.3. The lowest BCUT2D eigenvalue weighted by Gasteiger charge is -2.34. The number of amides is 1. The predicted octanol–water partition coefficient (Wildman–Crippen LogP) is 3.30. The fourth-order valence-electron chi connectivity index (χ4n) is 3.41. The van der Waals surface area contributed by atoms with Gasteiger partial charge < -0.3 is 14.4 Å². The van der Waals surface area contributed by atoms with Crippen molar-refractivity contribution < 1.29 is 31.5 Å². The van der Waals surface area contributed by atoms with Crippen molar-refractivity contribution in [2.24, 2.45) is 0 Å². The topological polar surface area (TPSA) is 76.2 Å². The molecule has 174 valence electrons. The van der Waals surface area contributed by atoms with Crippen LogP contribution in [0, 0.1) is 11.6 Å². The van der Waals surface area contributed by atoms with Crippen molar-refractivity contribution in [1.29, 1.82) is 0 Å². The van der Waals surface area contributed by atoms with Gasteiger partial charge in [-0.3, -0.25) is 4.79 Å². The Morgan fingerprint density at radius 1 is 0.969 bits per heavy atom. The number of halogens is 2. The summed E-state index contributed by atoms with van der Waals surface area (Å²) in [6.07, 6.45) is 0.830. The standard InChI is InChI=1S/C22H26F2N2O5S/c1-3-14-31-19-9-8-16(15-20(19)30-4-2)22(27)25-10-12-26(13-11-25)32(28,29)21-17(23)6-5-7-18(21)24/h5-9,15H,3-4,10-14H2,1-2H3. The molecular weight excluding hydrogens is 442 g/mol. The first kappa shape index (κ1) is 23.9. The second kappa shape index (κ2) is 10.3. The average molecular weight is 469 g/mol. The SMILES string of the molecule is CCCOc1ccc(C(=O)N2CCN(S(=O)(=O)c3c(F)cccc3F)CC2)cc1OCC. The van der Waals surface area contributed by atoms with Crippen LogP contribution in [0.1, 0.15) is 30.6 Å². The molecule has 0 atom stereocenters. The van der Waals surface area contributed by atoms with Gasteiger partial charge >= 0.3 is 0 Å². The quantitative estimate of drug-likeness (QED) is 0.594. The fourth-order valence-corrected chi connectivity index (χ4v) is 4.94. The summed E-state index contributed by atoms with van der Waals surface area (Å²) >= 11 is 0. The van der Waals surface area contributed by atoms with Gasteiger partial charge in [0.15, 0.2) is 16.4 Å². The molecule has 32 heavy (non-hydrogen) atoms. The maximum atomic E-state index is 14.0. The zero-order valence-electron chi connectivity index (χ0n) is 18.0. The van der Waals surface area contributed by atoms with E-state index >= 15 is 0 Å². The molecule has 0 bridgehead atoms. The second-order valence-electron chi connectivity index (χ2n) is 7.19. The first-order valence-electron chi connectivity index (χ1n) is 10.4. The van der Waals surface area contributed by atoms with Crippen LogP contribution in [-0.4, -0.2) is 62.9 Å². The van der Waals surface area contributed by atoms with Crippen molar-refractivity contribution in [3.63, 3.8) is 0 Å². The molecule has 0 unspecified atom stereocenters. The molecule has 0 radical (unpaired) electrons. The van der Waals surface area contributed by atoms with Gasteiger partial charge in [-0.05, 0) is 43.7 Å². The molecule has 1 heterocycles. The number of ether oxygens (including phenoxy) is 2. The number of piperazine rings is 1. The molecule has 1 aliphatic heterocycles. The molecule has 0 aliphatic carbocycles. The van der Waals surface area contributed by atoms with E-state index in [-0.39, 0.29) is 32.1 Å². The van der Waals surface area contributed by atoms with Crippen molar-refractivity contribution in [3.8, 4) is 11.5 Å². The van der Waals surface area contributed by atoms with E-state index in [9.17, 15) is 22.0 Å². The van der Waals surface area contributed by atoms with E-state index in [2.05, 4.69) is 0 Å². The van der Waals surface area contributed by atoms with Gasteiger partial charge in [0.2, 0.25) is 10.0 Å². The van der Waals surface area contributed by atoms with E-state index in [0.29, 0.717) is 30.3 Å². The fraction of sp³-hybridized carbons (Fsp3) is 0.409. The van der Waals surface area contributed by atoms with Crippen LogP contribution in [0.25, 0.3) is 0 Å². The molecule has 1 saturated heterocycles. The summed E-state index contributed by atoms with van der Waals surface area (Å²) in [5, 5.41) is 0. The Hall–Kier alpha value is -2.72. The van der Waals surface area contributed by atoms with E-state index in [1.807, 2.05) is 13.8 Å². The van der Waals surface area contributed by atoms with Crippen molar-refractivity contribution in [3.05, 3.63) is 53.6 Å². The molecular formula is C22H26F2N2O5S. The number of nitrogens with zero attached hydrogens (tertiary/aromatic N) is 2. The lowest BCUT2D eigenvalue weighted by Crippen LogP contribution is -2.50. The van der Waals surface area contributed by atoms with Crippen LogP contribution in [0.3, 0.4) is 0 Å². The Balaban J connectivity index is 1.72. The van der Waals surface area contributed by atoms with Gasteiger partial charge in [-0.2, -0.15) is 4.31 Å². The molecule has 0 N–H and O–H groups in total. The average Bonchev–Trinajstić information content (AvgIpc) is 2.77. The molecule has 7 nitrogen and oxygen atoms in total. The number of hydrogen-bond donors (Lipinski definition) is 0. The van der Waals surface area contributed by atoms with Gasteiger partial charge in [-0.15, -0.1) is 0 Å². The largest absolute Gasteiger partial charge is 0.490 e. The molecule has 3 rings (SSSR count). The Labute approximate surface area is 186 Å². The smallest absolute Gasteiger partial charge is 0.254 e. The second-order valence-corrected chi connectivity index (χ2v) is 9.06. The first-order valence-corrected chi connectivity index (χ1v) is 11.9. The van der Waals surface area contributed by atoms with Gasteiger partial charge in [0.05, 0.1) is 13.2 Å². The Morgan fingerprint density at radius 3 is 2.22 bits per heavy atom.